The summed E-state index contributed by atoms with van der Waals surface area (Å²) in [5, 5.41) is 2.67. The number of aromatic nitrogens is 1. The molecule has 2 aliphatic heterocycles. The van der Waals surface area contributed by atoms with Gasteiger partial charge in [0.25, 0.3) is 5.91 Å². The molecule has 114 valence electrons. The lowest BCUT2D eigenvalue weighted by atomic mass is 10.1. The number of hydrogen-bond acceptors (Lipinski definition) is 4. The molecule has 2 saturated heterocycles. The van der Waals surface area contributed by atoms with E-state index in [4.69, 9.17) is 0 Å². The Bertz CT molecular complexity index is 550. The van der Waals surface area contributed by atoms with Crippen molar-refractivity contribution in [2.24, 2.45) is 0 Å². The van der Waals surface area contributed by atoms with Crippen LogP contribution >= 0.6 is 0 Å². The molecule has 1 N–H and O–H groups in total. The molecule has 0 spiro atoms. The van der Waals surface area contributed by atoms with Crippen LogP contribution in [0.3, 0.4) is 0 Å². The predicted molar refractivity (Wildman–Crippen MR) is 78.8 cm³/mol. The van der Waals surface area contributed by atoms with Crippen LogP contribution in [0.25, 0.3) is 0 Å². The van der Waals surface area contributed by atoms with Crippen LogP contribution in [0.4, 0.5) is 10.2 Å². The van der Waals surface area contributed by atoms with Crippen molar-refractivity contribution in [2.45, 2.75) is 31.3 Å². The minimum absolute atomic E-state index is 0.106. The van der Waals surface area contributed by atoms with Gasteiger partial charge in [-0.3, -0.25) is 9.69 Å². The van der Waals surface area contributed by atoms with Gasteiger partial charge in [-0.1, -0.05) is 0 Å². The smallest absolute Gasteiger partial charge is 0.257 e. The van der Waals surface area contributed by atoms with Crippen molar-refractivity contribution in [1.29, 1.82) is 0 Å². The van der Waals surface area contributed by atoms with E-state index in [0.29, 0.717) is 25.2 Å². The highest BCUT2D eigenvalue weighted by Crippen LogP contribution is 2.29. The maximum absolute atomic E-state index is 14.3. The van der Waals surface area contributed by atoms with E-state index < -0.39 is 5.82 Å². The Kier molecular flexibility index (Phi) is 3.80. The number of likely N-dealkylation sites (N-methyl/N-ethyl adjacent to an activating group) is 1. The van der Waals surface area contributed by atoms with Crippen molar-refractivity contribution in [2.75, 3.05) is 32.5 Å². The average molecular weight is 292 g/mol. The van der Waals surface area contributed by atoms with Gasteiger partial charge in [-0.25, -0.2) is 9.37 Å². The molecule has 5 nitrogen and oxygen atoms in total. The number of amides is 1. The Morgan fingerprint density at radius 2 is 2.14 bits per heavy atom. The van der Waals surface area contributed by atoms with Gasteiger partial charge in [0.1, 0.15) is 0 Å². The first-order valence-electron chi connectivity index (χ1n) is 7.45. The van der Waals surface area contributed by atoms with Crippen LogP contribution in [0, 0.1) is 5.82 Å². The standard InChI is InChI=1S/C15H21FN4O/c1-17-14-13(16)12(5-7-18-14)15(21)20-8-6-10-3-4-11(9-20)19(10)2/h5,7,10-11H,3-4,6,8-9H2,1-2H3,(H,17,18). The van der Waals surface area contributed by atoms with E-state index in [9.17, 15) is 9.18 Å². The fraction of sp³-hybridized carbons (Fsp3) is 0.600. The molecule has 0 saturated carbocycles. The zero-order valence-corrected chi connectivity index (χ0v) is 12.5. The Balaban J connectivity index is 1.82. The van der Waals surface area contributed by atoms with Crippen molar-refractivity contribution in [3.05, 3.63) is 23.6 Å². The minimum atomic E-state index is -0.562. The number of nitrogens with zero attached hydrogens (tertiary/aromatic N) is 3. The van der Waals surface area contributed by atoms with E-state index >= 15 is 0 Å². The fourth-order valence-electron chi connectivity index (χ4n) is 3.45. The number of fused-ring (bicyclic) bond motifs is 2. The second kappa shape index (κ2) is 5.60. The van der Waals surface area contributed by atoms with Gasteiger partial charge in [-0.15, -0.1) is 0 Å². The molecule has 2 aliphatic rings. The zero-order valence-electron chi connectivity index (χ0n) is 12.5. The first kappa shape index (κ1) is 14.3. The molecule has 1 aromatic rings. The molecule has 1 amide bonds. The predicted octanol–water partition coefficient (Wildman–Crippen LogP) is 1.57. The van der Waals surface area contributed by atoms with Crippen LogP contribution in [-0.2, 0) is 0 Å². The lowest BCUT2D eigenvalue weighted by molar-refractivity contribution is 0.0735. The Labute approximate surface area is 124 Å². The number of pyridine rings is 1. The molecule has 2 bridgehead atoms. The van der Waals surface area contributed by atoms with Crippen molar-refractivity contribution < 1.29 is 9.18 Å². The van der Waals surface area contributed by atoms with Gasteiger partial charge >= 0.3 is 0 Å². The van der Waals surface area contributed by atoms with Crippen molar-refractivity contribution in [1.82, 2.24) is 14.8 Å². The van der Waals surface area contributed by atoms with E-state index in [1.807, 2.05) is 0 Å². The highest BCUT2D eigenvalue weighted by Gasteiger charge is 2.36. The Hall–Kier alpha value is -1.69. The van der Waals surface area contributed by atoms with Gasteiger partial charge in [-0.05, 0) is 32.4 Å². The number of carbonyl (C=O) groups is 1. The van der Waals surface area contributed by atoms with Crippen molar-refractivity contribution in [3.8, 4) is 0 Å². The summed E-state index contributed by atoms with van der Waals surface area (Å²) in [6, 6.07) is 2.42. The van der Waals surface area contributed by atoms with Gasteiger partial charge in [-0.2, -0.15) is 0 Å². The summed E-state index contributed by atoms with van der Waals surface area (Å²) in [5.74, 6) is -0.672. The number of rotatable bonds is 2. The summed E-state index contributed by atoms with van der Waals surface area (Å²) in [6.07, 6.45) is 4.75. The molecule has 3 heterocycles. The maximum Gasteiger partial charge on any atom is 0.257 e. The molecule has 1 aromatic heterocycles. The topological polar surface area (TPSA) is 48.5 Å². The Morgan fingerprint density at radius 1 is 1.38 bits per heavy atom. The van der Waals surface area contributed by atoms with Crippen LogP contribution in [0.5, 0.6) is 0 Å². The van der Waals surface area contributed by atoms with Crippen LogP contribution in [0.15, 0.2) is 12.3 Å². The molecular formula is C15H21FN4O. The quantitative estimate of drug-likeness (QED) is 0.899. The fourth-order valence-corrected chi connectivity index (χ4v) is 3.45. The molecule has 0 aromatic carbocycles. The van der Waals surface area contributed by atoms with Gasteiger partial charge in [0, 0.05) is 38.4 Å². The summed E-state index contributed by atoms with van der Waals surface area (Å²) in [7, 11) is 3.72. The molecule has 0 radical (unpaired) electrons. The van der Waals surface area contributed by atoms with E-state index in [1.165, 1.54) is 18.7 Å². The monoisotopic (exact) mass is 292 g/mol. The van der Waals surface area contributed by atoms with Crippen molar-refractivity contribution >= 4 is 11.7 Å². The second-order valence-corrected chi connectivity index (χ2v) is 5.86. The molecule has 21 heavy (non-hydrogen) atoms. The third-order valence-corrected chi connectivity index (χ3v) is 4.79. The SMILES string of the molecule is CNc1nccc(C(=O)N2CCC3CCC(C2)N3C)c1F. The molecule has 2 fully saturated rings. The van der Waals surface area contributed by atoms with Crippen LogP contribution < -0.4 is 5.32 Å². The van der Waals surface area contributed by atoms with Gasteiger partial charge in [0.05, 0.1) is 5.56 Å². The molecule has 0 aliphatic carbocycles. The normalized spacial score (nSPS) is 25.8. The van der Waals surface area contributed by atoms with Gasteiger partial charge in [0.2, 0.25) is 0 Å². The van der Waals surface area contributed by atoms with Crippen LogP contribution in [0.2, 0.25) is 0 Å². The lowest BCUT2D eigenvalue weighted by Crippen LogP contribution is -2.40. The van der Waals surface area contributed by atoms with E-state index in [1.54, 1.807) is 11.9 Å². The minimum Gasteiger partial charge on any atom is -0.371 e. The first-order valence-corrected chi connectivity index (χ1v) is 7.45. The number of likely N-dealkylation sites (tertiary alicyclic amines) is 1. The zero-order chi connectivity index (χ0) is 15.0. The van der Waals surface area contributed by atoms with Crippen molar-refractivity contribution in [3.63, 3.8) is 0 Å². The summed E-state index contributed by atoms with van der Waals surface area (Å²) in [6.45, 7) is 1.38. The van der Waals surface area contributed by atoms with E-state index in [2.05, 4.69) is 22.2 Å². The summed E-state index contributed by atoms with van der Waals surface area (Å²) in [5.41, 5.74) is 0.106. The van der Waals surface area contributed by atoms with Gasteiger partial charge < -0.3 is 10.2 Å². The first-order chi connectivity index (χ1) is 10.1. The molecule has 6 heteroatoms. The number of hydrogen-bond donors (Lipinski definition) is 1. The summed E-state index contributed by atoms with van der Waals surface area (Å²) in [4.78, 5) is 20.7. The third-order valence-electron chi connectivity index (χ3n) is 4.79. The van der Waals surface area contributed by atoms with Crippen LogP contribution in [-0.4, -0.2) is 60.0 Å². The number of anilines is 1. The van der Waals surface area contributed by atoms with E-state index in [0.717, 1.165) is 12.8 Å². The molecule has 2 atom stereocenters. The number of nitrogens with one attached hydrogen (secondary N) is 1. The number of carbonyl (C=O) groups excluding carboxylic acids is 1. The molecule has 2 unspecified atom stereocenters. The second-order valence-electron chi connectivity index (χ2n) is 5.86. The van der Waals surface area contributed by atoms with Crippen LogP contribution in [0.1, 0.15) is 29.6 Å². The largest absolute Gasteiger partial charge is 0.371 e. The average Bonchev–Trinajstić information content (AvgIpc) is 2.72. The maximum atomic E-state index is 14.3. The molecule has 3 rings (SSSR count). The summed E-state index contributed by atoms with van der Waals surface area (Å²) >= 11 is 0. The summed E-state index contributed by atoms with van der Waals surface area (Å²) < 4.78 is 14.3. The van der Waals surface area contributed by atoms with Gasteiger partial charge in [0.15, 0.2) is 11.6 Å². The third kappa shape index (κ3) is 2.48. The Morgan fingerprint density at radius 3 is 2.90 bits per heavy atom. The highest BCUT2D eigenvalue weighted by molar-refractivity contribution is 5.95. The highest BCUT2D eigenvalue weighted by atomic mass is 19.1. The lowest BCUT2D eigenvalue weighted by Gasteiger charge is -2.26. The molecular weight excluding hydrogens is 271 g/mol. The number of halogens is 1. The van der Waals surface area contributed by atoms with E-state index in [-0.39, 0.29) is 17.3 Å².